The third-order valence-electron chi connectivity index (χ3n) is 3.47. The second-order valence-corrected chi connectivity index (χ2v) is 4.77. The lowest BCUT2D eigenvalue weighted by Crippen LogP contribution is -2.34. The molecule has 1 aromatic heterocycles. The van der Waals surface area contributed by atoms with Crippen molar-refractivity contribution in [1.82, 2.24) is 9.78 Å². The van der Waals surface area contributed by atoms with E-state index in [0.29, 0.717) is 5.82 Å². The number of nitro groups is 1. The molecule has 2 N–H and O–H groups in total. The van der Waals surface area contributed by atoms with E-state index in [1.807, 2.05) is 0 Å². The Hall–Kier alpha value is -1.63. The minimum absolute atomic E-state index is 0.0141. The number of aliphatic hydroxyl groups excluding tert-OH is 1. The molecular formula is C11H18N4O3. The van der Waals surface area contributed by atoms with Gasteiger partial charge in [-0.1, -0.05) is 12.8 Å². The summed E-state index contributed by atoms with van der Waals surface area (Å²) in [5.41, 5.74) is -0.0141. The Kier molecular flexibility index (Phi) is 3.81. The van der Waals surface area contributed by atoms with Crippen LogP contribution < -0.4 is 5.32 Å². The van der Waals surface area contributed by atoms with Crippen LogP contribution in [0.5, 0.6) is 0 Å². The van der Waals surface area contributed by atoms with Crippen LogP contribution in [0, 0.1) is 16.0 Å². The molecule has 1 fully saturated rings. The van der Waals surface area contributed by atoms with Crippen molar-refractivity contribution in [2.24, 2.45) is 13.0 Å². The van der Waals surface area contributed by atoms with Gasteiger partial charge in [-0.2, -0.15) is 0 Å². The fourth-order valence-electron chi connectivity index (χ4n) is 2.50. The van der Waals surface area contributed by atoms with Gasteiger partial charge in [-0.15, -0.1) is 5.10 Å². The molecule has 7 heteroatoms. The lowest BCUT2D eigenvalue weighted by atomic mass is 9.85. The molecule has 1 saturated carbocycles. The maximum Gasteiger partial charge on any atom is 0.330 e. The van der Waals surface area contributed by atoms with Crippen molar-refractivity contribution in [3.05, 3.63) is 16.3 Å². The lowest BCUT2D eigenvalue weighted by molar-refractivity contribution is -0.384. The molecule has 2 unspecified atom stereocenters. The van der Waals surface area contributed by atoms with Gasteiger partial charge in [0.15, 0.2) is 0 Å². The largest absolute Gasteiger partial charge is 0.396 e. The molecule has 1 aromatic rings. The van der Waals surface area contributed by atoms with Crippen LogP contribution in [0.25, 0.3) is 0 Å². The molecule has 0 aromatic carbocycles. The van der Waals surface area contributed by atoms with Crippen LogP contribution >= 0.6 is 0 Å². The molecule has 2 rings (SSSR count). The van der Waals surface area contributed by atoms with E-state index in [9.17, 15) is 15.2 Å². The molecule has 0 aliphatic heterocycles. The molecule has 1 aliphatic carbocycles. The highest BCUT2D eigenvalue weighted by Crippen LogP contribution is 2.29. The van der Waals surface area contributed by atoms with E-state index in [1.54, 1.807) is 7.05 Å². The second-order valence-electron chi connectivity index (χ2n) is 4.77. The molecule has 0 spiro atoms. The Morgan fingerprint density at radius 3 is 3.00 bits per heavy atom. The van der Waals surface area contributed by atoms with E-state index >= 15 is 0 Å². The van der Waals surface area contributed by atoms with Gasteiger partial charge in [-0.25, -0.2) is 0 Å². The topological polar surface area (TPSA) is 93.2 Å². The number of hydrogen-bond donors (Lipinski definition) is 2. The first kappa shape index (κ1) is 12.8. The van der Waals surface area contributed by atoms with Gasteiger partial charge in [0.2, 0.25) is 5.82 Å². The first-order valence-electron chi connectivity index (χ1n) is 6.17. The zero-order chi connectivity index (χ0) is 13.1. The Labute approximate surface area is 105 Å². The molecular weight excluding hydrogens is 236 g/mol. The third kappa shape index (κ3) is 2.61. The maximum atomic E-state index is 10.9. The number of aryl methyl sites for hydroxylation is 1. The van der Waals surface area contributed by atoms with Crippen molar-refractivity contribution >= 4 is 11.5 Å². The summed E-state index contributed by atoms with van der Waals surface area (Å²) in [7, 11) is 1.66. The van der Waals surface area contributed by atoms with E-state index in [1.165, 1.54) is 10.9 Å². The summed E-state index contributed by atoms with van der Waals surface area (Å²) >= 11 is 0. The van der Waals surface area contributed by atoms with Crippen LogP contribution in [0.2, 0.25) is 0 Å². The summed E-state index contributed by atoms with van der Waals surface area (Å²) in [6, 6.07) is 0.0670. The normalized spacial score (nSPS) is 23.9. The highest BCUT2D eigenvalue weighted by atomic mass is 16.6. The number of aliphatic hydroxyl groups is 1. The molecule has 2 atom stereocenters. The van der Waals surface area contributed by atoms with Gasteiger partial charge in [0, 0.05) is 25.6 Å². The SMILES string of the molecule is Cn1cc([N+](=O)[O-])c(NC2CCCCC2CO)n1. The predicted molar refractivity (Wildman–Crippen MR) is 66.3 cm³/mol. The molecule has 18 heavy (non-hydrogen) atoms. The van der Waals surface area contributed by atoms with Gasteiger partial charge in [0.25, 0.3) is 0 Å². The molecule has 0 saturated heterocycles. The molecule has 100 valence electrons. The summed E-state index contributed by atoms with van der Waals surface area (Å²) in [5, 5.41) is 27.4. The minimum Gasteiger partial charge on any atom is -0.396 e. The van der Waals surface area contributed by atoms with E-state index in [2.05, 4.69) is 10.4 Å². The predicted octanol–water partition coefficient (Wildman–Crippen LogP) is 1.29. The quantitative estimate of drug-likeness (QED) is 0.623. The van der Waals surface area contributed by atoms with Crippen LogP contribution in [0.15, 0.2) is 6.20 Å². The molecule has 0 amide bonds. The standard InChI is InChI=1S/C11H18N4O3/c1-14-6-10(15(17)18)11(13-14)12-9-5-3-2-4-8(9)7-16/h6,8-9,16H,2-5,7H2,1H3,(H,12,13). The van der Waals surface area contributed by atoms with Gasteiger partial charge in [-0.05, 0) is 12.8 Å². The summed E-state index contributed by atoms with van der Waals surface area (Å²) in [5.74, 6) is 0.452. The number of anilines is 1. The van der Waals surface area contributed by atoms with Crippen LogP contribution in [-0.4, -0.2) is 32.5 Å². The first-order chi connectivity index (χ1) is 8.61. The van der Waals surface area contributed by atoms with E-state index < -0.39 is 4.92 Å². The van der Waals surface area contributed by atoms with Crippen molar-refractivity contribution < 1.29 is 10.0 Å². The van der Waals surface area contributed by atoms with Gasteiger partial charge >= 0.3 is 5.69 Å². The van der Waals surface area contributed by atoms with Crippen molar-refractivity contribution in [2.75, 3.05) is 11.9 Å². The first-order valence-corrected chi connectivity index (χ1v) is 6.17. The van der Waals surface area contributed by atoms with E-state index in [4.69, 9.17) is 0 Å². The Bertz CT molecular complexity index is 432. The fourth-order valence-corrected chi connectivity index (χ4v) is 2.50. The number of rotatable bonds is 4. The average molecular weight is 254 g/mol. The van der Waals surface area contributed by atoms with Crippen LogP contribution in [0.3, 0.4) is 0 Å². The summed E-state index contributed by atoms with van der Waals surface area (Å²) in [6.45, 7) is 0.109. The average Bonchev–Trinajstić information content (AvgIpc) is 2.71. The lowest BCUT2D eigenvalue weighted by Gasteiger charge is -2.30. The summed E-state index contributed by atoms with van der Waals surface area (Å²) in [4.78, 5) is 10.5. The van der Waals surface area contributed by atoms with Crippen LogP contribution in [0.4, 0.5) is 11.5 Å². The summed E-state index contributed by atoms with van der Waals surface area (Å²) in [6.07, 6.45) is 5.44. The van der Waals surface area contributed by atoms with Gasteiger partial charge in [0.1, 0.15) is 6.20 Å². The number of hydrogen-bond acceptors (Lipinski definition) is 5. The van der Waals surface area contributed by atoms with Crippen molar-refractivity contribution in [3.63, 3.8) is 0 Å². The van der Waals surface area contributed by atoms with E-state index in [-0.39, 0.29) is 24.3 Å². The zero-order valence-electron chi connectivity index (χ0n) is 10.4. The smallest absolute Gasteiger partial charge is 0.330 e. The zero-order valence-corrected chi connectivity index (χ0v) is 10.4. The van der Waals surface area contributed by atoms with Crippen LogP contribution in [-0.2, 0) is 7.05 Å². The Morgan fingerprint density at radius 2 is 2.33 bits per heavy atom. The van der Waals surface area contributed by atoms with Crippen molar-refractivity contribution in [1.29, 1.82) is 0 Å². The number of aromatic nitrogens is 2. The fraction of sp³-hybridized carbons (Fsp3) is 0.727. The van der Waals surface area contributed by atoms with Crippen molar-refractivity contribution in [3.8, 4) is 0 Å². The van der Waals surface area contributed by atoms with Crippen LogP contribution in [0.1, 0.15) is 25.7 Å². The third-order valence-corrected chi connectivity index (χ3v) is 3.47. The van der Waals surface area contributed by atoms with Gasteiger partial charge < -0.3 is 10.4 Å². The van der Waals surface area contributed by atoms with Gasteiger partial charge in [-0.3, -0.25) is 14.8 Å². The second kappa shape index (κ2) is 5.34. The summed E-state index contributed by atoms with van der Waals surface area (Å²) < 4.78 is 1.43. The molecule has 0 bridgehead atoms. The minimum atomic E-state index is -0.438. The Morgan fingerprint density at radius 1 is 1.61 bits per heavy atom. The highest BCUT2D eigenvalue weighted by Gasteiger charge is 2.28. The molecule has 1 aliphatic rings. The van der Waals surface area contributed by atoms with E-state index in [0.717, 1.165) is 25.7 Å². The number of nitrogens with zero attached hydrogens (tertiary/aromatic N) is 3. The molecule has 7 nitrogen and oxygen atoms in total. The monoisotopic (exact) mass is 254 g/mol. The Balaban J connectivity index is 2.14. The number of nitrogens with one attached hydrogen (secondary N) is 1. The molecule has 0 radical (unpaired) electrons. The maximum absolute atomic E-state index is 10.9. The molecule has 1 heterocycles. The van der Waals surface area contributed by atoms with Gasteiger partial charge in [0.05, 0.1) is 4.92 Å². The van der Waals surface area contributed by atoms with Crippen molar-refractivity contribution in [2.45, 2.75) is 31.7 Å². The highest BCUT2D eigenvalue weighted by molar-refractivity contribution is 5.55.